The van der Waals surface area contributed by atoms with Gasteiger partial charge in [-0.1, -0.05) is 12.1 Å². The summed E-state index contributed by atoms with van der Waals surface area (Å²) in [5, 5.41) is 13.6. The fourth-order valence-corrected chi connectivity index (χ4v) is 2.97. The van der Waals surface area contributed by atoms with Gasteiger partial charge < -0.3 is 15.0 Å². The molecule has 0 atom stereocenters. The molecule has 1 N–H and O–H groups in total. The number of para-hydroxylation sites is 2. The molecule has 0 amide bonds. The summed E-state index contributed by atoms with van der Waals surface area (Å²) < 4.78 is 81.7. The van der Waals surface area contributed by atoms with Crippen molar-refractivity contribution < 1.29 is 36.0 Å². The van der Waals surface area contributed by atoms with Gasteiger partial charge in [0, 0.05) is 19.2 Å². The fraction of sp³-hybridized carbons (Fsp3) is 0.471. The van der Waals surface area contributed by atoms with Crippen LogP contribution < -0.4 is 15.0 Å². The van der Waals surface area contributed by atoms with Gasteiger partial charge in [-0.25, -0.2) is 0 Å². The van der Waals surface area contributed by atoms with Crippen molar-refractivity contribution in [3.63, 3.8) is 0 Å². The number of alkyl halides is 6. The van der Waals surface area contributed by atoms with Crippen LogP contribution in [0.1, 0.15) is 19.3 Å². The van der Waals surface area contributed by atoms with Crippen molar-refractivity contribution in [1.82, 2.24) is 15.0 Å². The highest BCUT2D eigenvalue weighted by molar-refractivity contribution is 5.66. The van der Waals surface area contributed by atoms with Crippen LogP contribution in [0.25, 0.3) is 0 Å². The average molecular weight is 466 g/mol. The zero-order valence-electron chi connectivity index (χ0n) is 16.2. The maximum absolute atomic E-state index is 12.9. The predicted molar refractivity (Wildman–Crippen MR) is 98.8 cm³/mol. The van der Waals surface area contributed by atoms with Gasteiger partial charge in [0.15, 0.2) is 0 Å². The van der Waals surface area contributed by atoms with Crippen LogP contribution in [0.5, 0.6) is 6.01 Å². The van der Waals surface area contributed by atoms with Crippen molar-refractivity contribution in [2.24, 2.45) is 0 Å². The highest BCUT2D eigenvalue weighted by atomic mass is 19.4. The number of ether oxygens (including phenoxy) is 1. The number of benzene rings is 1. The topological polar surface area (TPSA) is 106 Å². The van der Waals surface area contributed by atoms with E-state index in [-0.39, 0.29) is 11.6 Å². The fourth-order valence-electron chi connectivity index (χ4n) is 2.97. The molecule has 0 aliphatic carbocycles. The number of hydrogen-bond acceptors (Lipinski definition) is 8. The van der Waals surface area contributed by atoms with E-state index < -0.39 is 41.0 Å². The van der Waals surface area contributed by atoms with Gasteiger partial charge in [0.05, 0.1) is 4.92 Å². The SMILES string of the molecule is O=[N+]([O-])c1ccccc1Nc1nc(OC(C(F)(F)F)C(F)(F)F)nc(N2CCCCC2)n1. The molecule has 174 valence electrons. The lowest BCUT2D eigenvalue weighted by Crippen LogP contribution is -2.47. The third-order valence-corrected chi connectivity index (χ3v) is 4.41. The minimum absolute atomic E-state index is 0.123. The molecular formula is C17H16F6N6O3. The first-order valence-corrected chi connectivity index (χ1v) is 9.26. The van der Waals surface area contributed by atoms with Crippen LogP contribution >= 0.6 is 0 Å². The number of halogens is 6. The van der Waals surface area contributed by atoms with E-state index in [0.717, 1.165) is 12.5 Å². The highest BCUT2D eigenvalue weighted by Gasteiger charge is 2.59. The summed E-state index contributed by atoms with van der Waals surface area (Å²) in [4.78, 5) is 23.1. The monoisotopic (exact) mass is 466 g/mol. The molecule has 1 fully saturated rings. The molecule has 1 aliphatic heterocycles. The lowest BCUT2D eigenvalue weighted by molar-refractivity contribution is -0.383. The number of aromatic nitrogens is 3. The molecule has 2 heterocycles. The van der Waals surface area contributed by atoms with Crippen molar-refractivity contribution in [2.45, 2.75) is 37.7 Å². The Bertz CT molecular complexity index is 951. The van der Waals surface area contributed by atoms with Gasteiger partial charge in [-0.3, -0.25) is 10.1 Å². The number of hydrogen-bond donors (Lipinski definition) is 1. The molecule has 3 rings (SSSR count). The van der Waals surface area contributed by atoms with E-state index in [0.29, 0.717) is 25.9 Å². The number of nitro benzene ring substituents is 1. The van der Waals surface area contributed by atoms with E-state index >= 15 is 0 Å². The summed E-state index contributed by atoms with van der Waals surface area (Å²) in [6.07, 6.45) is -13.4. The molecule has 0 bridgehead atoms. The number of nitrogens with zero attached hydrogens (tertiary/aromatic N) is 5. The Kier molecular flexibility index (Phi) is 6.55. The molecule has 1 aromatic carbocycles. The molecule has 9 nitrogen and oxygen atoms in total. The lowest BCUT2D eigenvalue weighted by atomic mass is 10.1. The van der Waals surface area contributed by atoms with Gasteiger partial charge in [-0.15, -0.1) is 0 Å². The Labute approximate surface area is 176 Å². The number of piperidine rings is 1. The number of anilines is 3. The Morgan fingerprint density at radius 1 is 1.00 bits per heavy atom. The van der Waals surface area contributed by atoms with E-state index in [4.69, 9.17) is 0 Å². The van der Waals surface area contributed by atoms with Crippen LogP contribution in [0, 0.1) is 10.1 Å². The van der Waals surface area contributed by atoms with Crippen molar-refractivity contribution in [2.75, 3.05) is 23.3 Å². The summed E-state index contributed by atoms with van der Waals surface area (Å²) in [5.74, 6) is -0.716. The van der Waals surface area contributed by atoms with Gasteiger partial charge >= 0.3 is 18.4 Å². The summed E-state index contributed by atoms with van der Waals surface area (Å²) in [7, 11) is 0. The summed E-state index contributed by atoms with van der Waals surface area (Å²) >= 11 is 0. The van der Waals surface area contributed by atoms with Crippen molar-refractivity contribution in [3.8, 4) is 6.01 Å². The molecule has 0 spiro atoms. The summed E-state index contributed by atoms with van der Waals surface area (Å²) in [6, 6.07) is 4.01. The zero-order valence-corrected chi connectivity index (χ0v) is 16.2. The van der Waals surface area contributed by atoms with E-state index in [1.165, 1.54) is 18.2 Å². The van der Waals surface area contributed by atoms with E-state index in [2.05, 4.69) is 25.0 Å². The van der Waals surface area contributed by atoms with Crippen LogP contribution in [0.2, 0.25) is 0 Å². The van der Waals surface area contributed by atoms with Crippen LogP contribution in [-0.4, -0.2) is 51.4 Å². The zero-order chi connectivity index (χ0) is 23.5. The number of rotatable bonds is 6. The molecule has 1 aliphatic rings. The molecule has 1 aromatic heterocycles. The average Bonchev–Trinajstić information content (AvgIpc) is 2.71. The molecular weight excluding hydrogens is 450 g/mol. The second kappa shape index (κ2) is 9.00. The van der Waals surface area contributed by atoms with Gasteiger partial charge in [0.25, 0.3) is 11.8 Å². The summed E-state index contributed by atoms with van der Waals surface area (Å²) in [5.41, 5.74) is -0.527. The first kappa shape index (κ1) is 23.3. The van der Waals surface area contributed by atoms with Gasteiger partial charge in [-0.2, -0.15) is 41.3 Å². The molecule has 0 saturated carbocycles. The second-order valence-electron chi connectivity index (χ2n) is 6.77. The predicted octanol–water partition coefficient (Wildman–Crippen LogP) is 4.39. The van der Waals surface area contributed by atoms with Crippen molar-refractivity contribution >= 4 is 23.3 Å². The van der Waals surface area contributed by atoms with Gasteiger partial charge in [-0.05, 0) is 25.3 Å². The molecule has 32 heavy (non-hydrogen) atoms. The van der Waals surface area contributed by atoms with Crippen molar-refractivity contribution in [3.05, 3.63) is 34.4 Å². The quantitative estimate of drug-likeness (QED) is 0.380. The van der Waals surface area contributed by atoms with Crippen LogP contribution in [0.4, 0.5) is 49.6 Å². The Morgan fingerprint density at radius 3 is 2.22 bits per heavy atom. The molecule has 0 radical (unpaired) electrons. The Balaban J connectivity index is 2.01. The smallest absolute Gasteiger partial charge is 0.434 e. The largest absolute Gasteiger partial charge is 0.440 e. The third kappa shape index (κ3) is 5.64. The Hall–Kier alpha value is -3.39. The first-order valence-electron chi connectivity index (χ1n) is 9.26. The van der Waals surface area contributed by atoms with E-state index in [1.54, 1.807) is 4.90 Å². The minimum atomic E-state index is -5.78. The van der Waals surface area contributed by atoms with Crippen molar-refractivity contribution in [1.29, 1.82) is 0 Å². The number of nitro groups is 1. The Morgan fingerprint density at radius 2 is 1.62 bits per heavy atom. The molecule has 15 heteroatoms. The van der Waals surface area contributed by atoms with Gasteiger partial charge in [0.1, 0.15) is 5.69 Å². The normalized spacial score (nSPS) is 15.0. The van der Waals surface area contributed by atoms with Crippen LogP contribution in [0.3, 0.4) is 0 Å². The first-order chi connectivity index (χ1) is 14.9. The second-order valence-corrected chi connectivity index (χ2v) is 6.77. The van der Waals surface area contributed by atoms with Gasteiger partial charge in [0.2, 0.25) is 11.9 Å². The van der Waals surface area contributed by atoms with E-state index in [1.807, 2.05) is 0 Å². The molecule has 1 saturated heterocycles. The van der Waals surface area contributed by atoms with Crippen LogP contribution in [0.15, 0.2) is 24.3 Å². The number of nitrogens with one attached hydrogen (secondary N) is 1. The summed E-state index contributed by atoms with van der Waals surface area (Å²) in [6.45, 7) is 0.826. The molecule has 2 aromatic rings. The maximum Gasteiger partial charge on any atom is 0.434 e. The van der Waals surface area contributed by atoms with E-state index in [9.17, 15) is 36.5 Å². The highest BCUT2D eigenvalue weighted by Crippen LogP contribution is 2.36. The maximum atomic E-state index is 12.9. The third-order valence-electron chi connectivity index (χ3n) is 4.41. The lowest BCUT2D eigenvalue weighted by Gasteiger charge is -2.27. The minimum Gasteiger partial charge on any atom is -0.440 e. The molecule has 0 unspecified atom stereocenters. The standard InChI is InChI=1S/C17H16F6N6O3/c18-16(19,20)12(17(21,22)23)32-15-26-13(24-10-6-2-3-7-11(10)29(30)31)25-14(27-15)28-8-4-1-5-9-28/h2-3,6-7,12H,1,4-5,8-9H2,(H,24,25,26,27). The van der Waals surface area contributed by atoms with Crippen LogP contribution in [-0.2, 0) is 0 Å².